The van der Waals surface area contributed by atoms with Crippen LogP contribution in [0.1, 0.15) is 23.9 Å². The first-order valence-electron chi connectivity index (χ1n) is 6.06. The number of likely N-dealkylation sites (N-methyl/N-ethyl adjacent to an activating group) is 1. The Balaban J connectivity index is 2.84. The summed E-state index contributed by atoms with van der Waals surface area (Å²) >= 11 is 1.45. The average molecular weight is 283 g/mol. The monoisotopic (exact) mass is 283 g/mol. The van der Waals surface area contributed by atoms with E-state index >= 15 is 0 Å². The van der Waals surface area contributed by atoms with Crippen LogP contribution >= 0.6 is 11.8 Å². The highest BCUT2D eigenvalue weighted by atomic mass is 32.2. The van der Waals surface area contributed by atoms with E-state index in [1.165, 1.54) is 18.9 Å². The van der Waals surface area contributed by atoms with Crippen molar-refractivity contribution in [2.75, 3.05) is 19.9 Å². The number of hydrogen-bond acceptors (Lipinski definition) is 6. The van der Waals surface area contributed by atoms with Gasteiger partial charge in [0, 0.05) is 17.1 Å². The van der Waals surface area contributed by atoms with Crippen molar-refractivity contribution in [2.45, 2.75) is 38.4 Å². The molecule has 0 saturated carbocycles. The van der Waals surface area contributed by atoms with Crippen molar-refractivity contribution >= 4 is 17.7 Å². The molecule has 0 aliphatic rings. The molecule has 0 amide bonds. The number of thioether (sulfide) groups is 1. The van der Waals surface area contributed by atoms with E-state index in [4.69, 9.17) is 4.74 Å². The summed E-state index contributed by atoms with van der Waals surface area (Å²) in [4.78, 5) is 20.6. The van der Waals surface area contributed by atoms with Crippen LogP contribution in [0.25, 0.3) is 0 Å². The molecule has 0 radical (unpaired) electrons. The molecule has 1 unspecified atom stereocenters. The summed E-state index contributed by atoms with van der Waals surface area (Å²) in [7, 11) is 3.13. The molecule has 1 aromatic rings. The maximum absolute atomic E-state index is 11.7. The van der Waals surface area contributed by atoms with Crippen LogP contribution in [-0.2, 0) is 9.53 Å². The Morgan fingerprint density at radius 3 is 2.26 bits per heavy atom. The van der Waals surface area contributed by atoms with E-state index in [1.807, 2.05) is 20.8 Å². The first-order chi connectivity index (χ1) is 8.84. The zero-order valence-corrected chi connectivity index (χ0v) is 13.1. The van der Waals surface area contributed by atoms with Gasteiger partial charge >= 0.3 is 5.97 Å². The van der Waals surface area contributed by atoms with Gasteiger partial charge in [-0.25, -0.2) is 9.97 Å². The molecule has 0 bridgehead atoms. The highest BCUT2D eigenvalue weighted by Gasteiger charge is 2.33. The fourth-order valence-corrected chi connectivity index (χ4v) is 2.56. The number of aromatic nitrogens is 2. The van der Waals surface area contributed by atoms with Crippen molar-refractivity contribution in [1.82, 2.24) is 15.3 Å². The van der Waals surface area contributed by atoms with Gasteiger partial charge in [-0.3, -0.25) is 4.79 Å². The normalized spacial score (nSPS) is 14.0. The molecule has 0 aliphatic heterocycles. The summed E-state index contributed by atoms with van der Waals surface area (Å²) in [5.41, 5.74) is 2.31. The molecule has 5 nitrogen and oxygen atoms in total. The van der Waals surface area contributed by atoms with E-state index in [2.05, 4.69) is 15.3 Å². The van der Waals surface area contributed by atoms with Crippen LogP contribution in [0.4, 0.5) is 0 Å². The number of aryl methyl sites for hydroxylation is 2. The van der Waals surface area contributed by atoms with Crippen LogP contribution in [0.5, 0.6) is 0 Å². The van der Waals surface area contributed by atoms with Crippen molar-refractivity contribution in [2.24, 2.45) is 0 Å². The van der Waals surface area contributed by atoms with Gasteiger partial charge in [0.1, 0.15) is 5.54 Å². The number of carbonyl (C=O) groups excluding carboxylic acids is 1. The Hall–Kier alpha value is -1.14. The van der Waals surface area contributed by atoms with E-state index in [0.717, 1.165) is 17.0 Å². The summed E-state index contributed by atoms with van der Waals surface area (Å²) in [5.74, 6) is 0.223. The molecular formula is C13H21N3O2S. The SMILES string of the molecule is CNC(C)(CSc1nc(C)c(C)c(C)n1)C(=O)OC. The van der Waals surface area contributed by atoms with E-state index in [-0.39, 0.29) is 5.97 Å². The Morgan fingerprint density at radius 2 is 1.84 bits per heavy atom. The fraction of sp³-hybridized carbons (Fsp3) is 0.615. The summed E-state index contributed by atoms with van der Waals surface area (Å²) in [5, 5.41) is 3.68. The molecular weight excluding hydrogens is 262 g/mol. The van der Waals surface area contributed by atoms with Crippen LogP contribution < -0.4 is 5.32 Å². The fourth-order valence-electron chi connectivity index (χ4n) is 1.47. The summed E-state index contributed by atoms with van der Waals surface area (Å²) in [6.07, 6.45) is 0. The molecule has 0 aromatic carbocycles. The number of nitrogens with zero attached hydrogens (tertiary/aromatic N) is 2. The number of ether oxygens (including phenoxy) is 1. The van der Waals surface area contributed by atoms with E-state index in [0.29, 0.717) is 10.9 Å². The molecule has 1 aromatic heterocycles. The van der Waals surface area contributed by atoms with Gasteiger partial charge in [0.25, 0.3) is 0 Å². The standard InChI is InChI=1S/C13H21N3O2S/c1-8-9(2)15-12(16-10(8)3)19-7-13(4,14-5)11(17)18-6/h14H,7H2,1-6H3. The second-order valence-electron chi connectivity index (χ2n) is 4.66. The van der Waals surface area contributed by atoms with E-state index in [9.17, 15) is 4.79 Å². The first-order valence-corrected chi connectivity index (χ1v) is 7.04. The molecule has 1 atom stereocenters. The van der Waals surface area contributed by atoms with Gasteiger partial charge < -0.3 is 10.1 Å². The number of esters is 1. The lowest BCUT2D eigenvalue weighted by atomic mass is 10.1. The second-order valence-corrected chi connectivity index (χ2v) is 5.61. The van der Waals surface area contributed by atoms with Crippen molar-refractivity contribution < 1.29 is 9.53 Å². The van der Waals surface area contributed by atoms with E-state index in [1.54, 1.807) is 14.0 Å². The van der Waals surface area contributed by atoms with Crippen LogP contribution in [0.3, 0.4) is 0 Å². The van der Waals surface area contributed by atoms with Crippen molar-refractivity contribution in [1.29, 1.82) is 0 Å². The van der Waals surface area contributed by atoms with Gasteiger partial charge in [0.15, 0.2) is 5.16 Å². The summed E-state index contributed by atoms with van der Waals surface area (Å²) in [6.45, 7) is 7.74. The minimum absolute atomic E-state index is 0.289. The summed E-state index contributed by atoms with van der Waals surface area (Å²) in [6, 6.07) is 0. The number of hydrogen-bond donors (Lipinski definition) is 1. The molecule has 6 heteroatoms. The smallest absolute Gasteiger partial charge is 0.326 e. The van der Waals surface area contributed by atoms with Gasteiger partial charge in [0.05, 0.1) is 7.11 Å². The number of nitrogens with one attached hydrogen (secondary N) is 1. The molecule has 0 fully saturated rings. The largest absolute Gasteiger partial charge is 0.468 e. The van der Waals surface area contributed by atoms with Crippen LogP contribution in [0, 0.1) is 20.8 Å². The van der Waals surface area contributed by atoms with E-state index < -0.39 is 5.54 Å². The zero-order chi connectivity index (χ0) is 14.6. The molecule has 0 saturated heterocycles. The first kappa shape index (κ1) is 15.9. The average Bonchev–Trinajstić information content (AvgIpc) is 2.40. The van der Waals surface area contributed by atoms with Gasteiger partial charge in [-0.1, -0.05) is 11.8 Å². The van der Waals surface area contributed by atoms with Gasteiger partial charge in [0.2, 0.25) is 0 Å². The maximum atomic E-state index is 11.7. The molecule has 106 valence electrons. The Kier molecular flexibility index (Phi) is 5.31. The Morgan fingerprint density at radius 1 is 1.32 bits per heavy atom. The maximum Gasteiger partial charge on any atom is 0.326 e. The van der Waals surface area contributed by atoms with Crippen LogP contribution in [0.2, 0.25) is 0 Å². The second kappa shape index (κ2) is 6.34. The lowest BCUT2D eigenvalue weighted by Crippen LogP contribution is -2.50. The minimum atomic E-state index is -0.741. The third kappa shape index (κ3) is 3.67. The lowest BCUT2D eigenvalue weighted by molar-refractivity contribution is -0.146. The van der Waals surface area contributed by atoms with Gasteiger partial charge in [-0.15, -0.1) is 0 Å². The topological polar surface area (TPSA) is 64.1 Å². The molecule has 1 rings (SSSR count). The van der Waals surface area contributed by atoms with Gasteiger partial charge in [-0.05, 0) is 40.3 Å². The van der Waals surface area contributed by atoms with Crippen molar-refractivity contribution in [3.8, 4) is 0 Å². The number of methoxy groups -OCH3 is 1. The molecule has 1 N–H and O–H groups in total. The number of carbonyl (C=O) groups is 1. The number of rotatable bonds is 5. The molecule has 19 heavy (non-hydrogen) atoms. The lowest BCUT2D eigenvalue weighted by Gasteiger charge is -2.25. The quantitative estimate of drug-likeness (QED) is 0.503. The Labute approximate surface area is 118 Å². The van der Waals surface area contributed by atoms with Crippen molar-refractivity contribution in [3.63, 3.8) is 0 Å². The minimum Gasteiger partial charge on any atom is -0.468 e. The molecule has 0 spiro atoms. The molecule has 0 aliphatic carbocycles. The van der Waals surface area contributed by atoms with Crippen LogP contribution in [0.15, 0.2) is 5.16 Å². The summed E-state index contributed by atoms with van der Waals surface area (Å²) < 4.78 is 4.81. The molecule has 1 heterocycles. The highest BCUT2D eigenvalue weighted by molar-refractivity contribution is 7.99. The Bertz CT molecular complexity index is 456. The third-order valence-electron chi connectivity index (χ3n) is 3.29. The van der Waals surface area contributed by atoms with Crippen LogP contribution in [-0.4, -0.2) is 41.4 Å². The third-order valence-corrected chi connectivity index (χ3v) is 4.45. The van der Waals surface area contributed by atoms with Gasteiger partial charge in [-0.2, -0.15) is 0 Å². The highest BCUT2D eigenvalue weighted by Crippen LogP contribution is 2.22. The van der Waals surface area contributed by atoms with Crippen molar-refractivity contribution in [3.05, 3.63) is 17.0 Å². The predicted octanol–water partition coefficient (Wildman–Crippen LogP) is 1.65. The predicted molar refractivity (Wildman–Crippen MR) is 76.4 cm³/mol. The zero-order valence-electron chi connectivity index (χ0n) is 12.3.